The molecule has 14 heavy (non-hydrogen) atoms. The molecule has 0 unspecified atom stereocenters. The first-order chi connectivity index (χ1) is 6.61. The molecule has 2 N–H and O–H groups in total. The topological polar surface area (TPSA) is 40.5 Å². The van der Waals surface area contributed by atoms with Crippen LogP contribution in [0, 0.1) is 0 Å². The number of benzene rings is 1. The molecule has 0 radical (unpaired) electrons. The van der Waals surface area contributed by atoms with E-state index >= 15 is 0 Å². The van der Waals surface area contributed by atoms with E-state index < -0.39 is 7.12 Å². The zero-order chi connectivity index (χ0) is 10.3. The van der Waals surface area contributed by atoms with Crippen molar-refractivity contribution in [3.05, 3.63) is 22.7 Å². The van der Waals surface area contributed by atoms with Gasteiger partial charge in [-0.25, -0.2) is 0 Å². The third-order valence-corrected chi connectivity index (χ3v) is 4.74. The summed E-state index contributed by atoms with van der Waals surface area (Å²) < 4.78 is 2.41. The quantitative estimate of drug-likeness (QED) is 0.551. The number of thiol groups is 1. The maximum atomic E-state index is 9.10. The Morgan fingerprint density at radius 3 is 2.64 bits per heavy atom. The van der Waals surface area contributed by atoms with Crippen LogP contribution in [0.3, 0.4) is 0 Å². The summed E-state index contributed by atoms with van der Waals surface area (Å²) in [5.74, 6) is 0. The second kappa shape index (κ2) is 3.86. The molecule has 6 heteroatoms. The van der Waals surface area contributed by atoms with Gasteiger partial charge in [-0.3, -0.25) is 0 Å². The number of hydrogen-bond donors (Lipinski definition) is 3. The lowest BCUT2D eigenvalue weighted by atomic mass is 9.89. The molecule has 0 bridgehead atoms. The summed E-state index contributed by atoms with van der Waals surface area (Å²) in [5, 5.41) is 19.1. The van der Waals surface area contributed by atoms with Crippen LogP contribution < -0.4 is 4.78 Å². The number of fused-ring (bicyclic) bond motifs is 1. The number of halogens is 1. The molecule has 0 atom stereocenters. The molecule has 0 saturated carbocycles. The minimum absolute atomic E-state index is 0.482. The van der Waals surface area contributed by atoms with Crippen molar-refractivity contribution >= 4 is 61.9 Å². The molecule has 1 aromatic heterocycles. The Bertz CT molecular complexity index is 483. The molecule has 0 amide bonds. The summed E-state index contributed by atoms with van der Waals surface area (Å²) in [6.07, 6.45) is 0. The van der Waals surface area contributed by atoms with Gasteiger partial charge in [0.05, 0.1) is 0 Å². The van der Waals surface area contributed by atoms with Gasteiger partial charge in [0.1, 0.15) is 0 Å². The first-order valence-electron chi connectivity index (χ1n) is 3.87. The Kier molecular flexibility index (Phi) is 2.90. The van der Waals surface area contributed by atoms with Crippen molar-refractivity contribution in [3.63, 3.8) is 0 Å². The lowest BCUT2D eigenvalue weighted by molar-refractivity contribution is 0.426. The van der Waals surface area contributed by atoms with Crippen LogP contribution in [0.5, 0.6) is 0 Å². The van der Waals surface area contributed by atoms with E-state index in [1.807, 2.05) is 18.2 Å². The van der Waals surface area contributed by atoms with E-state index in [0.29, 0.717) is 9.67 Å². The van der Waals surface area contributed by atoms with Crippen LogP contribution in [0.15, 0.2) is 27.6 Å². The van der Waals surface area contributed by atoms with Crippen molar-refractivity contribution in [1.29, 1.82) is 0 Å². The Morgan fingerprint density at radius 2 is 2.07 bits per heavy atom. The van der Waals surface area contributed by atoms with E-state index in [4.69, 9.17) is 10.0 Å². The van der Waals surface area contributed by atoms with Gasteiger partial charge in [0.25, 0.3) is 0 Å². The third-order valence-electron chi connectivity index (χ3n) is 1.90. The smallest absolute Gasteiger partial charge is 0.423 e. The molecule has 0 fully saturated rings. The van der Waals surface area contributed by atoms with Crippen molar-refractivity contribution in [2.75, 3.05) is 0 Å². The van der Waals surface area contributed by atoms with E-state index in [1.165, 1.54) is 11.3 Å². The van der Waals surface area contributed by atoms with E-state index in [0.717, 1.165) is 14.6 Å². The molecule has 0 aliphatic rings. The van der Waals surface area contributed by atoms with Crippen molar-refractivity contribution in [2.45, 2.75) is 4.90 Å². The summed E-state index contributed by atoms with van der Waals surface area (Å²) in [4.78, 5) is 0.640. The number of hydrogen-bond acceptors (Lipinski definition) is 4. The molecule has 2 nitrogen and oxygen atoms in total. The van der Waals surface area contributed by atoms with Crippen LogP contribution in [0.25, 0.3) is 10.1 Å². The SMILES string of the molecule is OB(O)c1sc2c(Br)cccc2c1S. The first-order valence-corrected chi connectivity index (χ1v) is 5.93. The van der Waals surface area contributed by atoms with Gasteiger partial charge in [-0.05, 0) is 22.0 Å². The molecule has 2 aromatic rings. The summed E-state index contributed by atoms with van der Waals surface area (Å²) in [5.41, 5.74) is 0. The van der Waals surface area contributed by atoms with Gasteiger partial charge in [-0.1, -0.05) is 12.1 Å². The van der Waals surface area contributed by atoms with Crippen molar-refractivity contribution in [2.24, 2.45) is 0 Å². The molecule has 0 saturated heterocycles. The van der Waals surface area contributed by atoms with Gasteiger partial charge in [0.15, 0.2) is 0 Å². The fraction of sp³-hybridized carbons (Fsp3) is 0. The van der Waals surface area contributed by atoms with Crippen LogP contribution in [-0.2, 0) is 0 Å². The summed E-state index contributed by atoms with van der Waals surface area (Å²) >= 11 is 9.01. The maximum absolute atomic E-state index is 9.10. The molecule has 2 rings (SSSR count). The van der Waals surface area contributed by atoms with E-state index in [1.54, 1.807) is 0 Å². The van der Waals surface area contributed by atoms with Gasteiger partial charge >= 0.3 is 7.12 Å². The van der Waals surface area contributed by atoms with E-state index in [2.05, 4.69) is 28.6 Å². The summed E-state index contributed by atoms with van der Waals surface area (Å²) in [6, 6.07) is 5.72. The molecular weight excluding hydrogens is 283 g/mol. The highest BCUT2D eigenvalue weighted by Crippen LogP contribution is 2.32. The molecule has 0 aliphatic carbocycles. The summed E-state index contributed by atoms with van der Waals surface area (Å²) in [6.45, 7) is 0. The lowest BCUT2D eigenvalue weighted by Crippen LogP contribution is -2.27. The monoisotopic (exact) mass is 288 g/mol. The summed E-state index contributed by atoms with van der Waals surface area (Å²) in [7, 11) is -1.45. The molecular formula is C8H6BBrO2S2. The largest absolute Gasteiger partial charge is 0.500 e. The second-order valence-corrected chi connectivity index (χ2v) is 5.16. The van der Waals surface area contributed by atoms with Crippen LogP contribution in [0.4, 0.5) is 0 Å². The molecule has 72 valence electrons. The zero-order valence-electron chi connectivity index (χ0n) is 6.94. The van der Waals surface area contributed by atoms with Crippen LogP contribution in [0.1, 0.15) is 0 Å². The first kappa shape index (κ1) is 10.5. The average molecular weight is 289 g/mol. The molecule has 1 aromatic carbocycles. The van der Waals surface area contributed by atoms with Crippen LogP contribution >= 0.6 is 39.9 Å². The van der Waals surface area contributed by atoms with Gasteiger partial charge in [0, 0.05) is 24.2 Å². The third kappa shape index (κ3) is 1.61. The standard InChI is InChI=1S/C8H6BBrO2S2/c10-5-3-1-2-4-6(13)8(9(11)12)14-7(4)5/h1-3,11-13H. The van der Waals surface area contributed by atoms with Gasteiger partial charge < -0.3 is 10.0 Å². The Labute approximate surface area is 99.3 Å². The fourth-order valence-electron chi connectivity index (χ4n) is 1.27. The minimum Gasteiger partial charge on any atom is -0.423 e. The van der Waals surface area contributed by atoms with Crippen molar-refractivity contribution in [1.82, 2.24) is 0 Å². The van der Waals surface area contributed by atoms with Gasteiger partial charge in [-0.2, -0.15) is 0 Å². The number of rotatable bonds is 1. The second-order valence-electron chi connectivity index (χ2n) is 2.81. The van der Waals surface area contributed by atoms with Crippen molar-refractivity contribution < 1.29 is 10.0 Å². The Morgan fingerprint density at radius 1 is 1.36 bits per heavy atom. The zero-order valence-corrected chi connectivity index (χ0v) is 10.2. The highest BCUT2D eigenvalue weighted by atomic mass is 79.9. The average Bonchev–Trinajstić information content (AvgIpc) is 2.46. The molecule has 0 aliphatic heterocycles. The van der Waals surface area contributed by atoms with Crippen LogP contribution in [-0.4, -0.2) is 17.2 Å². The molecule has 1 heterocycles. The van der Waals surface area contributed by atoms with E-state index in [9.17, 15) is 0 Å². The highest BCUT2D eigenvalue weighted by molar-refractivity contribution is 9.10. The van der Waals surface area contributed by atoms with Crippen molar-refractivity contribution in [3.8, 4) is 0 Å². The van der Waals surface area contributed by atoms with Gasteiger partial charge in [0.2, 0.25) is 0 Å². The Hall–Kier alpha value is -0.00506. The van der Waals surface area contributed by atoms with Gasteiger partial charge in [-0.15, -0.1) is 24.0 Å². The molecule has 0 spiro atoms. The lowest BCUT2D eigenvalue weighted by Gasteiger charge is -1.94. The number of thiophene rings is 1. The maximum Gasteiger partial charge on any atom is 0.500 e. The Balaban J connectivity index is 2.80. The normalized spacial score (nSPS) is 10.9. The van der Waals surface area contributed by atoms with Crippen LogP contribution in [0.2, 0.25) is 0 Å². The predicted molar refractivity (Wildman–Crippen MR) is 66.6 cm³/mol. The minimum atomic E-state index is -1.45. The fourth-order valence-corrected chi connectivity index (χ4v) is 3.37. The highest BCUT2D eigenvalue weighted by Gasteiger charge is 2.20. The van der Waals surface area contributed by atoms with E-state index in [-0.39, 0.29) is 0 Å². The predicted octanol–water partition coefficient (Wildman–Crippen LogP) is 1.63.